The summed E-state index contributed by atoms with van der Waals surface area (Å²) in [7, 11) is 0. The Kier molecular flexibility index (Phi) is 22.6. The lowest BCUT2D eigenvalue weighted by molar-refractivity contribution is -0.310. The molecule has 0 unspecified atom stereocenters. The summed E-state index contributed by atoms with van der Waals surface area (Å²) in [4.78, 5) is 110. The molecule has 5 fully saturated rings. The Morgan fingerprint density at radius 2 is 0.817 bits per heavy atom. The number of benzene rings is 1. The number of hydrogen-bond acceptors (Lipinski definition) is 25. The molecular weight excluding hydrogens is 1230 g/mol. The predicted molar refractivity (Wildman–Crippen MR) is 321 cm³/mol. The van der Waals surface area contributed by atoms with Gasteiger partial charge in [0.2, 0.25) is 0 Å². The largest absolute Gasteiger partial charge is 0.444 e. The van der Waals surface area contributed by atoms with Crippen molar-refractivity contribution >= 4 is 48.4 Å². The number of carbonyl (C=O) groups is 8. The first kappa shape index (κ1) is 73.9. The van der Waals surface area contributed by atoms with Crippen molar-refractivity contribution in [2.24, 2.45) is 0 Å². The number of nitrogens with zero attached hydrogens (tertiary/aromatic N) is 1. The lowest BCUT2D eigenvalue weighted by atomic mass is 9.83. The molecule has 10 N–H and O–H groups in total. The van der Waals surface area contributed by atoms with Crippen molar-refractivity contribution in [2.45, 2.75) is 281 Å². The maximum atomic E-state index is 14.1. The molecule has 8 amide bonds. The topological polar surface area (TPSA) is 416 Å². The molecule has 32 nitrogen and oxygen atoms in total. The van der Waals surface area contributed by atoms with Crippen LogP contribution in [0.25, 0.3) is 0 Å². The molecule has 1 aromatic carbocycles. The van der Waals surface area contributed by atoms with E-state index in [0.29, 0.717) is 0 Å². The van der Waals surface area contributed by atoms with Crippen LogP contribution in [0.1, 0.15) is 152 Å². The molecular formula is C61H95N7O25. The summed E-state index contributed by atoms with van der Waals surface area (Å²) in [6, 6.07) is -0.0128. The molecule has 0 aromatic heterocycles. The summed E-state index contributed by atoms with van der Waals surface area (Å²) in [5.74, 6) is -1.51. The Hall–Kier alpha value is -6.46. The number of fused-ring (bicyclic) bond motifs is 2. The van der Waals surface area contributed by atoms with Crippen LogP contribution in [-0.2, 0) is 61.6 Å². The number of hydrogen-bond donors (Lipinski definition) is 10. The van der Waals surface area contributed by atoms with Gasteiger partial charge in [-0.3, -0.25) is 14.5 Å². The number of imide groups is 1. The van der Waals surface area contributed by atoms with E-state index in [1.54, 1.807) is 137 Å². The molecule has 524 valence electrons. The molecule has 19 atom stereocenters. The van der Waals surface area contributed by atoms with Crippen LogP contribution in [-0.4, -0.2) is 243 Å². The van der Waals surface area contributed by atoms with E-state index in [0.717, 1.165) is 4.90 Å². The molecule has 1 aromatic rings. The summed E-state index contributed by atoms with van der Waals surface area (Å²) in [6.45, 7) is 27.4. The van der Waals surface area contributed by atoms with Crippen LogP contribution in [0.15, 0.2) is 24.3 Å². The normalized spacial score (nSPS) is 32.2. The van der Waals surface area contributed by atoms with Crippen molar-refractivity contribution in [1.82, 2.24) is 36.8 Å². The van der Waals surface area contributed by atoms with Crippen molar-refractivity contribution in [1.29, 1.82) is 0 Å². The minimum atomic E-state index is -2.08. The maximum Gasteiger partial charge on any atom is 0.408 e. The predicted octanol–water partition coefficient (Wildman–Crippen LogP) is 2.85. The van der Waals surface area contributed by atoms with E-state index in [1.165, 1.54) is 12.1 Å². The number of rotatable bonds is 16. The first-order valence-corrected chi connectivity index (χ1v) is 30.9. The highest BCUT2D eigenvalue weighted by atomic mass is 16.8. The van der Waals surface area contributed by atoms with Crippen molar-refractivity contribution in [3.05, 3.63) is 35.4 Å². The van der Waals surface area contributed by atoms with E-state index < -0.39 is 218 Å². The summed E-state index contributed by atoms with van der Waals surface area (Å²) in [5.41, 5.74) is -6.14. The van der Waals surface area contributed by atoms with Gasteiger partial charge in [-0.2, -0.15) is 0 Å². The number of alkyl carbamates (subject to hydrolysis) is 6. The highest BCUT2D eigenvalue weighted by Gasteiger charge is 2.62. The van der Waals surface area contributed by atoms with Gasteiger partial charge in [-0.05, 0) is 143 Å². The lowest BCUT2D eigenvalue weighted by Gasteiger charge is -2.49. The van der Waals surface area contributed by atoms with Gasteiger partial charge in [0.15, 0.2) is 18.9 Å². The second-order valence-corrected chi connectivity index (χ2v) is 29.6. The average molecular weight is 1330 g/mol. The molecule has 5 aliphatic heterocycles. The first-order chi connectivity index (χ1) is 42.7. The van der Waals surface area contributed by atoms with Gasteiger partial charge in [-0.15, -0.1) is 0 Å². The second kappa shape index (κ2) is 28.5. The van der Waals surface area contributed by atoms with Crippen molar-refractivity contribution in [2.75, 3.05) is 19.6 Å². The Labute approximate surface area is 539 Å². The van der Waals surface area contributed by atoms with Crippen LogP contribution in [0.2, 0.25) is 0 Å². The van der Waals surface area contributed by atoms with Crippen molar-refractivity contribution in [3.63, 3.8) is 0 Å². The van der Waals surface area contributed by atoms with Crippen LogP contribution in [0.3, 0.4) is 0 Å². The minimum absolute atomic E-state index is 0.0445. The fourth-order valence-electron chi connectivity index (χ4n) is 10.8. The average Bonchev–Trinajstić information content (AvgIpc) is 1.67. The monoisotopic (exact) mass is 1330 g/mol. The van der Waals surface area contributed by atoms with Crippen LogP contribution >= 0.6 is 0 Å². The van der Waals surface area contributed by atoms with Gasteiger partial charge in [0.25, 0.3) is 11.8 Å². The molecule has 0 bridgehead atoms. The molecule has 0 spiro atoms. The molecule has 7 rings (SSSR count). The third kappa shape index (κ3) is 20.5. The van der Waals surface area contributed by atoms with Gasteiger partial charge >= 0.3 is 36.6 Å². The highest BCUT2D eigenvalue weighted by Crippen LogP contribution is 2.42. The van der Waals surface area contributed by atoms with E-state index in [-0.39, 0.29) is 17.7 Å². The van der Waals surface area contributed by atoms with Gasteiger partial charge in [0.05, 0.1) is 29.8 Å². The van der Waals surface area contributed by atoms with Crippen LogP contribution in [0.5, 0.6) is 0 Å². The molecule has 5 heterocycles. The molecule has 6 aliphatic rings. The number of carbonyl (C=O) groups excluding carboxylic acids is 8. The fourth-order valence-corrected chi connectivity index (χ4v) is 10.8. The van der Waals surface area contributed by atoms with Gasteiger partial charge in [0.1, 0.15) is 119 Å². The van der Waals surface area contributed by atoms with E-state index in [1.807, 2.05) is 0 Å². The van der Waals surface area contributed by atoms with E-state index in [9.17, 15) is 58.8 Å². The number of aliphatic hydroxyl groups is 4. The van der Waals surface area contributed by atoms with Crippen LogP contribution < -0.4 is 31.9 Å². The zero-order valence-corrected chi connectivity index (χ0v) is 55.9. The van der Waals surface area contributed by atoms with Gasteiger partial charge in [0, 0.05) is 13.1 Å². The third-order valence-corrected chi connectivity index (χ3v) is 14.4. The van der Waals surface area contributed by atoms with Gasteiger partial charge < -0.3 is 114 Å². The Bertz CT molecular complexity index is 2820. The van der Waals surface area contributed by atoms with Crippen molar-refractivity contribution < 1.29 is 120 Å². The summed E-state index contributed by atoms with van der Waals surface area (Å²) >= 11 is 0. The lowest BCUT2D eigenvalue weighted by Crippen LogP contribution is -2.70. The summed E-state index contributed by atoms with van der Waals surface area (Å²) < 4.78 is 78.7. The SMILES string of the molecule is CC(C)(C)OC(=O)NC[C@@H]1O[C@H](O[C@H]2[C@@H](O)[C@H](O[C@@H]3[C@@H](O)[C@H](NC(=O)OC(C)(C)C)C[C@H](NC(=O)OC(C)(C)C)[C@H]3O[C@H]3O[C@H](CNC(=O)OC(C)(C)C)[C@@H](O)[C@H](O)[C@H]3NC(=O)OC(C)(C)C)O[C@@H]2CN2C(=O)c3ccccc3C2=O)[C@H](NC(=O)OC(C)(C)C)[C@@H]2O[C@@H]21. The van der Waals surface area contributed by atoms with Crippen LogP contribution in [0.4, 0.5) is 28.8 Å². The number of nitrogens with one attached hydrogen (secondary N) is 6. The Balaban J connectivity index is 1.32. The van der Waals surface area contributed by atoms with E-state index >= 15 is 0 Å². The molecule has 1 saturated carbocycles. The smallest absolute Gasteiger partial charge is 0.408 e. The molecule has 32 heteroatoms. The van der Waals surface area contributed by atoms with Gasteiger partial charge in [-0.1, -0.05) is 12.1 Å². The second-order valence-electron chi connectivity index (χ2n) is 29.6. The van der Waals surface area contributed by atoms with Crippen molar-refractivity contribution in [3.8, 4) is 0 Å². The number of ether oxygens (including phenoxy) is 13. The highest BCUT2D eigenvalue weighted by molar-refractivity contribution is 6.21. The van der Waals surface area contributed by atoms with E-state index in [2.05, 4.69) is 31.9 Å². The van der Waals surface area contributed by atoms with Crippen LogP contribution in [0, 0.1) is 0 Å². The molecule has 4 saturated heterocycles. The zero-order valence-electron chi connectivity index (χ0n) is 55.9. The molecule has 1 aliphatic carbocycles. The number of epoxide rings is 1. The first-order valence-electron chi connectivity index (χ1n) is 30.9. The summed E-state index contributed by atoms with van der Waals surface area (Å²) in [5, 5.41) is 64.9. The molecule has 93 heavy (non-hydrogen) atoms. The number of aliphatic hydroxyl groups excluding tert-OH is 4. The Morgan fingerprint density at radius 1 is 0.430 bits per heavy atom. The minimum Gasteiger partial charge on any atom is -0.444 e. The number of amides is 8. The maximum absolute atomic E-state index is 14.1. The standard InChI is InChI=1S/C61H95N7O25/c1-56(2,3)88-50(75)62-24-31-37(70)38(71)34(66-54(79)92-60(13,14)15)47(81-31)85-40-30(65-53(78)91-59(10,11)12)23-29(64-52(77)90-58(7,8)9)36(69)44(40)87-49-39(72)41(33(83-49)26-68-45(73)27-21-19-20-22-28(27)46(68)74)86-48-35(67-55(80)93-61(16,17)18)43-42(84-43)32(82-48)25-63-51(76)89-57(4,5)6/h19-22,29-44,47-49,69-72H,23-26H2,1-18H3,(H,62,75)(H,63,76)(H,64,77)(H,65,78)(H,66,79)(H,67,80)/t29-,30+,31-,32+,33-,34-,35-,36+,37-,38-,39-,40-,41-,42-,43+,44-,47-,48-,49+/m1/s1. The van der Waals surface area contributed by atoms with Gasteiger partial charge in [-0.25, -0.2) is 28.8 Å². The molecule has 0 radical (unpaired) electrons. The third-order valence-electron chi connectivity index (χ3n) is 14.4. The fraction of sp³-hybridized carbons (Fsp3) is 0.770. The zero-order chi connectivity index (χ0) is 69.4. The van der Waals surface area contributed by atoms with E-state index in [4.69, 9.17) is 61.6 Å². The quantitative estimate of drug-likeness (QED) is 0.0646. The Morgan fingerprint density at radius 3 is 1.30 bits per heavy atom. The summed E-state index contributed by atoms with van der Waals surface area (Å²) in [6.07, 6.45) is -31.5.